The minimum absolute atomic E-state index is 0.0347. The normalized spacial score (nSPS) is 15.8. The zero-order valence-corrected chi connectivity index (χ0v) is 18.4. The van der Waals surface area contributed by atoms with Crippen molar-refractivity contribution in [3.8, 4) is 11.1 Å². The molecular formula is C24H25N3O6. The maximum absolute atomic E-state index is 12.7. The fraction of sp³-hybridized carbons (Fsp3) is 0.292. The summed E-state index contributed by atoms with van der Waals surface area (Å²) in [6.45, 7) is -0.226. The standard InChI is InChI=1S/C24H25N3O6/c1-26(2)23(32)18-9-7-17(8-10-18)16-5-3-15(4-6-16)14-27-12-11-19(28)21(24(27)33)22(31)25-13-20(29)30/h3-10,21H,11-14H2,1-2H3,(H,25,31)(H,29,30). The molecule has 2 aromatic carbocycles. The highest BCUT2D eigenvalue weighted by Gasteiger charge is 2.40. The molecule has 33 heavy (non-hydrogen) atoms. The number of aliphatic carboxylic acids is 1. The molecule has 1 aliphatic rings. The Morgan fingerprint density at radius 1 is 1.00 bits per heavy atom. The summed E-state index contributed by atoms with van der Waals surface area (Å²) < 4.78 is 0. The van der Waals surface area contributed by atoms with Gasteiger partial charge in [-0.2, -0.15) is 0 Å². The van der Waals surface area contributed by atoms with Gasteiger partial charge in [0.1, 0.15) is 6.54 Å². The van der Waals surface area contributed by atoms with Crippen LogP contribution in [0.25, 0.3) is 11.1 Å². The highest BCUT2D eigenvalue weighted by molar-refractivity contribution is 6.19. The number of ketones is 1. The highest BCUT2D eigenvalue weighted by Crippen LogP contribution is 2.23. The molecule has 3 amide bonds. The van der Waals surface area contributed by atoms with E-state index in [1.165, 1.54) is 9.80 Å². The number of carboxylic acids is 1. The van der Waals surface area contributed by atoms with Crippen molar-refractivity contribution in [3.05, 3.63) is 59.7 Å². The van der Waals surface area contributed by atoms with Crippen LogP contribution in [0.5, 0.6) is 0 Å². The number of amides is 3. The smallest absolute Gasteiger partial charge is 0.322 e. The molecule has 2 N–H and O–H groups in total. The minimum Gasteiger partial charge on any atom is -0.480 e. The van der Waals surface area contributed by atoms with Crippen LogP contribution in [0, 0.1) is 5.92 Å². The molecule has 0 saturated carbocycles. The number of carboxylic acid groups (broad SMARTS) is 1. The highest BCUT2D eigenvalue weighted by atomic mass is 16.4. The molecule has 0 aromatic heterocycles. The van der Waals surface area contributed by atoms with Crippen LogP contribution in [0.15, 0.2) is 48.5 Å². The lowest BCUT2D eigenvalue weighted by atomic mass is 9.94. The summed E-state index contributed by atoms with van der Waals surface area (Å²) in [5, 5.41) is 10.8. The molecule has 0 aliphatic carbocycles. The largest absolute Gasteiger partial charge is 0.480 e. The van der Waals surface area contributed by atoms with Gasteiger partial charge in [0.15, 0.2) is 11.7 Å². The molecule has 172 valence electrons. The predicted octanol–water partition coefficient (Wildman–Crippen LogP) is 1.17. The second-order valence-corrected chi connectivity index (χ2v) is 7.99. The van der Waals surface area contributed by atoms with Gasteiger partial charge < -0.3 is 20.2 Å². The van der Waals surface area contributed by atoms with Gasteiger partial charge in [-0.1, -0.05) is 36.4 Å². The van der Waals surface area contributed by atoms with Crippen LogP contribution in [0.1, 0.15) is 22.3 Å². The van der Waals surface area contributed by atoms with Gasteiger partial charge >= 0.3 is 5.97 Å². The van der Waals surface area contributed by atoms with Crippen molar-refractivity contribution in [1.82, 2.24) is 15.1 Å². The number of benzene rings is 2. The summed E-state index contributed by atoms with van der Waals surface area (Å²) in [4.78, 5) is 62.6. The average molecular weight is 451 g/mol. The van der Waals surface area contributed by atoms with Crippen molar-refractivity contribution in [3.63, 3.8) is 0 Å². The van der Waals surface area contributed by atoms with Crippen LogP contribution in [-0.4, -0.2) is 71.6 Å². The van der Waals surface area contributed by atoms with Crippen molar-refractivity contribution in [2.24, 2.45) is 5.92 Å². The Morgan fingerprint density at radius 2 is 1.58 bits per heavy atom. The summed E-state index contributed by atoms with van der Waals surface area (Å²) in [5.74, 6) is -4.86. The fourth-order valence-electron chi connectivity index (χ4n) is 3.59. The first kappa shape index (κ1) is 23.6. The lowest BCUT2D eigenvalue weighted by Gasteiger charge is -2.30. The van der Waals surface area contributed by atoms with Gasteiger partial charge in [-0.25, -0.2) is 0 Å². The zero-order chi connectivity index (χ0) is 24.1. The Labute approximate surface area is 191 Å². The van der Waals surface area contributed by atoms with Crippen molar-refractivity contribution in [2.75, 3.05) is 27.2 Å². The van der Waals surface area contributed by atoms with E-state index in [-0.39, 0.29) is 25.4 Å². The third kappa shape index (κ3) is 5.62. The summed E-state index contributed by atoms with van der Waals surface area (Å²) >= 11 is 0. The zero-order valence-electron chi connectivity index (χ0n) is 18.4. The van der Waals surface area contributed by atoms with Gasteiger partial charge in [0.2, 0.25) is 11.8 Å². The lowest BCUT2D eigenvalue weighted by molar-refractivity contribution is -0.152. The first-order chi connectivity index (χ1) is 15.7. The number of carbonyl (C=O) groups excluding carboxylic acids is 4. The second-order valence-electron chi connectivity index (χ2n) is 7.99. The van der Waals surface area contributed by atoms with Gasteiger partial charge in [-0.15, -0.1) is 0 Å². The van der Waals surface area contributed by atoms with Gasteiger partial charge in [0, 0.05) is 39.2 Å². The van der Waals surface area contributed by atoms with Gasteiger partial charge in [0.25, 0.3) is 5.91 Å². The number of nitrogens with one attached hydrogen (secondary N) is 1. The molecule has 1 saturated heterocycles. The molecule has 2 aromatic rings. The van der Waals surface area contributed by atoms with Crippen molar-refractivity contribution in [1.29, 1.82) is 0 Å². The quantitative estimate of drug-likeness (QED) is 0.609. The van der Waals surface area contributed by atoms with E-state index in [9.17, 15) is 24.0 Å². The van der Waals surface area contributed by atoms with Crippen LogP contribution in [0.2, 0.25) is 0 Å². The molecule has 9 heteroatoms. The molecule has 0 bridgehead atoms. The van der Waals surface area contributed by atoms with Crippen molar-refractivity contribution < 1.29 is 29.1 Å². The number of hydrogen-bond donors (Lipinski definition) is 2. The van der Waals surface area contributed by atoms with Gasteiger partial charge in [-0.3, -0.25) is 24.0 Å². The van der Waals surface area contributed by atoms with E-state index in [4.69, 9.17) is 5.11 Å². The number of nitrogens with zero attached hydrogens (tertiary/aromatic N) is 2. The average Bonchev–Trinajstić information content (AvgIpc) is 2.79. The summed E-state index contributed by atoms with van der Waals surface area (Å²) in [6.07, 6.45) is 0.0347. The number of likely N-dealkylation sites (tertiary alicyclic amines) is 1. The first-order valence-electron chi connectivity index (χ1n) is 10.4. The van der Waals surface area contributed by atoms with E-state index in [1.807, 2.05) is 36.4 Å². The third-order valence-corrected chi connectivity index (χ3v) is 5.38. The molecule has 1 unspecified atom stereocenters. The number of carbonyl (C=O) groups is 5. The molecule has 1 atom stereocenters. The monoisotopic (exact) mass is 451 g/mol. The molecule has 3 rings (SSSR count). The lowest BCUT2D eigenvalue weighted by Crippen LogP contribution is -2.52. The molecule has 9 nitrogen and oxygen atoms in total. The number of Topliss-reactive ketones (excluding diaryl/α,β-unsaturated/α-hetero) is 1. The van der Waals surface area contributed by atoms with Gasteiger partial charge in [0.05, 0.1) is 0 Å². The van der Waals surface area contributed by atoms with Crippen LogP contribution in [0.4, 0.5) is 0 Å². The fourth-order valence-corrected chi connectivity index (χ4v) is 3.59. The Bertz CT molecular complexity index is 1080. The Morgan fingerprint density at radius 3 is 2.12 bits per heavy atom. The third-order valence-electron chi connectivity index (χ3n) is 5.38. The van der Waals surface area contributed by atoms with E-state index >= 15 is 0 Å². The molecular weight excluding hydrogens is 426 g/mol. The Balaban J connectivity index is 1.67. The van der Waals surface area contributed by atoms with Crippen molar-refractivity contribution >= 4 is 29.5 Å². The van der Waals surface area contributed by atoms with E-state index in [0.29, 0.717) is 5.56 Å². The number of hydrogen-bond acceptors (Lipinski definition) is 5. The van der Waals surface area contributed by atoms with Crippen LogP contribution in [-0.2, 0) is 25.7 Å². The summed E-state index contributed by atoms with van der Waals surface area (Å²) in [5.41, 5.74) is 3.30. The second kappa shape index (κ2) is 10.1. The molecule has 1 fully saturated rings. The summed E-state index contributed by atoms with van der Waals surface area (Å²) in [6, 6.07) is 14.8. The number of rotatable bonds is 7. The maximum atomic E-state index is 12.7. The number of piperidine rings is 1. The Hall–Kier alpha value is -4.01. The van der Waals surface area contributed by atoms with E-state index < -0.39 is 36.0 Å². The molecule has 0 spiro atoms. The molecule has 1 aliphatic heterocycles. The van der Waals surface area contributed by atoms with Crippen LogP contribution >= 0.6 is 0 Å². The van der Waals surface area contributed by atoms with Gasteiger partial charge in [-0.05, 0) is 28.8 Å². The van der Waals surface area contributed by atoms with Crippen LogP contribution in [0.3, 0.4) is 0 Å². The first-order valence-corrected chi connectivity index (χ1v) is 10.4. The van der Waals surface area contributed by atoms with E-state index in [1.54, 1.807) is 26.2 Å². The van der Waals surface area contributed by atoms with E-state index in [2.05, 4.69) is 5.32 Å². The predicted molar refractivity (Wildman–Crippen MR) is 119 cm³/mol. The van der Waals surface area contributed by atoms with Crippen molar-refractivity contribution in [2.45, 2.75) is 13.0 Å². The van der Waals surface area contributed by atoms with Crippen LogP contribution < -0.4 is 5.32 Å². The molecule has 0 radical (unpaired) electrons. The molecule has 1 heterocycles. The topological polar surface area (TPSA) is 124 Å². The summed E-state index contributed by atoms with van der Waals surface area (Å²) in [7, 11) is 3.39. The minimum atomic E-state index is -1.51. The maximum Gasteiger partial charge on any atom is 0.322 e. The SMILES string of the molecule is CN(C)C(=O)c1ccc(-c2ccc(CN3CCC(=O)C(C(=O)NCC(=O)O)C3=O)cc2)cc1. The Kier molecular flexibility index (Phi) is 7.22. The van der Waals surface area contributed by atoms with E-state index in [0.717, 1.165) is 16.7 Å².